The molecule has 43 heavy (non-hydrogen) atoms. The molecule has 0 aliphatic carbocycles. The van der Waals surface area contributed by atoms with Gasteiger partial charge in [-0.1, -0.05) is 0 Å². The lowest BCUT2D eigenvalue weighted by molar-refractivity contribution is -0.147. The number of nitrogens with one attached hydrogen (secondary N) is 3. The minimum Gasteiger partial charge on any atom is -0.345 e. The van der Waals surface area contributed by atoms with Crippen LogP contribution in [0.1, 0.15) is 64.2 Å². The summed E-state index contributed by atoms with van der Waals surface area (Å²) < 4.78 is 0. The van der Waals surface area contributed by atoms with E-state index in [4.69, 9.17) is 0 Å². The van der Waals surface area contributed by atoms with Crippen LogP contribution in [0.2, 0.25) is 0 Å². The summed E-state index contributed by atoms with van der Waals surface area (Å²) in [6, 6.07) is -2.79. The minimum absolute atomic E-state index is 0.0681. The van der Waals surface area contributed by atoms with Crippen molar-refractivity contribution in [3.05, 3.63) is 0 Å². The van der Waals surface area contributed by atoms with E-state index in [0.717, 1.165) is 38.5 Å². The van der Waals surface area contributed by atoms with Gasteiger partial charge in [0, 0.05) is 26.2 Å². The highest BCUT2D eigenvalue weighted by Crippen LogP contribution is 2.26. The Hall–Kier alpha value is -3.55. The summed E-state index contributed by atoms with van der Waals surface area (Å²) >= 11 is 0. The first kappa shape index (κ1) is 30.9. The number of hydrogen-bond acceptors (Lipinski definition) is 8. The predicted octanol–water partition coefficient (Wildman–Crippen LogP) is -1.87. The lowest BCUT2D eigenvalue weighted by Crippen LogP contribution is -2.55. The van der Waals surface area contributed by atoms with Gasteiger partial charge < -0.3 is 40.3 Å². The summed E-state index contributed by atoms with van der Waals surface area (Å²) in [5.41, 5.74) is 0. The van der Waals surface area contributed by atoms with Gasteiger partial charge in [-0.3, -0.25) is 28.8 Å². The van der Waals surface area contributed by atoms with Crippen LogP contribution < -0.4 is 16.0 Å². The quantitative estimate of drug-likeness (QED) is 0.259. The standard InChI is InChI=1S/C29H43N7O7/c37-18-19-6-2-12-33(19)24(38)16-31-27(41)22-9-4-15-36(22)29(43)23-10-5-13-34(23)25(39)17-32-26(40)21-8-3-14-35(21)28(42)20-7-1-11-30-20/h18-23,30H,1-17H2,(H,31,41)(H,32,40)/t19-,20-,21-,22-,23-/m0/s1. The van der Waals surface area contributed by atoms with Crippen LogP contribution in [0, 0.1) is 0 Å². The molecule has 0 bridgehead atoms. The number of likely N-dealkylation sites (tertiary alicyclic amines) is 4. The zero-order valence-electron chi connectivity index (χ0n) is 24.6. The monoisotopic (exact) mass is 601 g/mol. The second kappa shape index (κ2) is 13.8. The number of hydrogen-bond donors (Lipinski definition) is 3. The summed E-state index contributed by atoms with van der Waals surface area (Å²) in [7, 11) is 0. The van der Waals surface area contributed by atoms with E-state index in [2.05, 4.69) is 16.0 Å². The number of rotatable bonds is 9. The summed E-state index contributed by atoms with van der Waals surface area (Å²) in [5, 5.41) is 8.53. The van der Waals surface area contributed by atoms with Crippen LogP contribution in [0.4, 0.5) is 0 Å². The SMILES string of the molecule is O=C[C@@H]1CCCN1C(=O)CNC(=O)[C@@H]1CCCN1C(=O)[C@@H]1CCCN1C(=O)CNC(=O)[C@@H]1CCCN1C(=O)[C@@H]1CCCN1. The Labute approximate surface area is 251 Å². The fourth-order valence-electron chi connectivity index (χ4n) is 7.22. The molecule has 0 aromatic carbocycles. The molecule has 0 aromatic heterocycles. The Morgan fingerprint density at radius 2 is 1.12 bits per heavy atom. The molecule has 5 rings (SSSR count). The van der Waals surface area contributed by atoms with Crippen molar-refractivity contribution in [2.24, 2.45) is 0 Å². The van der Waals surface area contributed by atoms with Crippen molar-refractivity contribution >= 4 is 41.7 Å². The first-order valence-electron chi connectivity index (χ1n) is 15.7. The Morgan fingerprint density at radius 3 is 1.70 bits per heavy atom. The van der Waals surface area contributed by atoms with Gasteiger partial charge in [-0.2, -0.15) is 0 Å². The van der Waals surface area contributed by atoms with Crippen LogP contribution in [0.5, 0.6) is 0 Å². The van der Waals surface area contributed by atoms with Crippen LogP contribution in [0.3, 0.4) is 0 Å². The van der Waals surface area contributed by atoms with Crippen LogP contribution in [-0.2, 0) is 33.6 Å². The second-order valence-corrected chi connectivity index (χ2v) is 12.1. The van der Waals surface area contributed by atoms with Crippen LogP contribution in [0.15, 0.2) is 0 Å². The van der Waals surface area contributed by atoms with E-state index < -0.39 is 30.1 Å². The maximum absolute atomic E-state index is 13.6. The van der Waals surface area contributed by atoms with Crippen molar-refractivity contribution in [1.82, 2.24) is 35.6 Å². The second-order valence-electron chi connectivity index (χ2n) is 12.1. The highest BCUT2D eigenvalue weighted by Gasteiger charge is 2.43. The zero-order valence-corrected chi connectivity index (χ0v) is 24.6. The van der Waals surface area contributed by atoms with E-state index in [1.54, 1.807) is 4.90 Å². The van der Waals surface area contributed by atoms with Crippen LogP contribution in [0.25, 0.3) is 0 Å². The molecular formula is C29H43N7O7. The number of amides is 6. The third-order valence-electron chi connectivity index (χ3n) is 9.50. The number of aldehydes is 1. The summed E-state index contributed by atoms with van der Waals surface area (Å²) in [6.45, 7) is 2.02. The van der Waals surface area contributed by atoms with Crippen molar-refractivity contribution in [1.29, 1.82) is 0 Å². The van der Waals surface area contributed by atoms with E-state index in [1.165, 1.54) is 14.7 Å². The Kier molecular flexibility index (Phi) is 9.93. The molecule has 5 aliphatic rings. The van der Waals surface area contributed by atoms with Crippen LogP contribution in [-0.4, -0.2) is 137 Å². The molecule has 5 aliphatic heterocycles. The van der Waals surface area contributed by atoms with Crippen molar-refractivity contribution in [3.63, 3.8) is 0 Å². The molecule has 5 fully saturated rings. The molecule has 236 valence electrons. The molecule has 0 spiro atoms. The largest absolute Gasteiger partial charge is 0.345 e. The first-order chi connectivity index (χ1) is 20.8. The van der Waals surface area contributed by atoms with Gasteiger partial charge in [0.1, 0.15) is 24.4 Å². The van der Waals surface area contributed by atoms with Gasteiger partial charge in [0.15, 0.2) is 0 Å². The lowest BCUT2D eigenvalue weighted by atomic mass is 10.1. The third kappa shape index (κ3) is 6.68. The molecule has 0 saturated carbocycles. The minimum atomic E-state index is -0.738. The first-order valence-corrected chi connectivity index (χ1v) is 15.7. The van der Waals surface area contributed by atoms with E-state index in [9.17, 15) is 33.6 Å². The Morgan fingerprint density at radius 1 is 0.605 bits per heavy atom. The van der Waals surface area contributed by atoms with Crippen molar-refractivity contribution < 1.29 is 33.6 Å². The zero-order chi connectivity index (χ0) is 30.5. The van der Waals surface area contributed by atoms with E-state index in [-0.39, 0.29) is 48.7 Å². The summed E-state index contributed by atoms with van der Waals surface area (Å²) in [6.07, 6.45) is 7.23. The van der Waals surface area contributed by atoms with Crippen molar-refractivity contribution in [3.8, 4) is 0 Å². The summed E-state index contributed by atoms with van der Waals surface area (Å²) in [4.78, 5) is 95.5. The van der Waals surface area contributed by atoms with Gasteiger partial charge in [-0.25, -0.2) is 0 Å². The highest BCUT2D eigenvalue weighted by molar-refractivity contribution is 5.96. The molecular weight excluding hydrogens is 558 g/mol. The number of nitrogens with zero attached hydrogens (tertiary/aromatic N) is 4. The maximum Gasteiger partial charge on any atom is 0.246 e. The van der Waals surface area contributed by atoms with Crippen molar-refractivity contribution in [2.45, 2.75) is 94.4 Å². The Bertz CT molecular complexity index is 1130. The fourth-order valence-corrected chi connectivity index (χ4v) is 7.22. The smallest absolute Gasteiger partial charge is 0.246 e. The van der Waals surface area contributed by atoms with Crippen molar-refractivity contribution in [2.75, 3.05) is 45.8 Å². The number of carbonyl (C=O) groups excluding carboxylic acids is 7. The van der Waals surface area contributed by atoms with Gasteiger partial charge in [0.25, 0.3) is 0 Å². The molecule has 0 unspecified atom stereocenters. The maximum atomic E-state index is 13.6. The molecule has 3 N–H and O–H groups in total. The molecule has 5 atom stereocenters. The van der Waals surface area contributed by atoms with E-state index >= 15 is 0 Å². The fraction of sp³-hybridized carbons (Fsp3) is 0.759. The molecule has 14 nitrogen and oxygen atoms in total. The Balaban J connectivity index is 1.12. The van der Waals surface area contributed by atoms with E-state index in [0.29, 0.717) is 64.7 Å². The predicted molar refractivity (Wildman–Crippen MR) is 152 cm³/mol. The third-order valence-corrected chi connectivity index (χ3v) is 9.50. The molecule has 0 aromatic rings. The van der Waals surface area contributed by atoms with Gasteiger partial charge in [0.2, 0.25) is 35.4 Å². The molecule has 5 saturated heterocycles. The molecule has 0 radical (unpaired) electrons. The lowest BCUT2D eigenvalue weighted by Gasteiger charge is -2.31. The van der Waals surface area contributed by atoms with Gasteiger partial charge in [0.05, 0.1) is 25.2 Å². The highest BCUT2D eigenvalue weighted by atomic mass is 16.2. The molecule has 6 amide bonds. The average molecular weight is 602 g/mol. The molecule has 5 heterocycles. The van der Waals surface area contributed by atoms with Gasteiger partial charge in [-0.05, 0) is 70.8 Å². The van der Waals surface area contributed by atoms with Gasteiger partial charge >= 0.3 is 0 Å². The van der Waals surface area contributed by atoms with E-state index in [1.807, 2.05) is 0 Å². The topological polar surface area (TPSA) is 169 Å². The average Bonchev–Trinajstić information content (AvgIpc) is 3.86. The van der Waals surface area contributed by atoms with Crippen LogP contribution >= 0.6 is 0 Å². The molecule has 14 heteroatoms. The number of carbonyl (C=O) groups is 7. The van der Waals surface area contributed by atoms with Gasteiger partial charge in [-0.15, -0.1) is 0 Å². The summed E-state index contributed by atoms with van der Waals surface area (Å²) in [5.74, 6) is -1.86. The normalized spacial score (nSPS) is 28.8.